The molecule has 0 bridgehead atoms. The monoisotopic (exact) mass is 332 g/mol. The highest BCUT2D eigenvalue weighted by atomic mass is 16.5. The molecule has 1 aliphatic heterocycles. The van der Waals surface area contributed by atoms with E-state index < -0.39 is 0 Å². The van der Waals surface area contributed by atoms with Crippen LogP contribution in [0.2, 0.25) is 0 Å². The number of ether oxygens (including phenoxy) is 1. The third-order valence-electron chi connectivity index (χ3n) is 5.00. The van der Waals surface area contributed by atoms with Crippen LogP contribution in [0.1, 0.15) is 25.0 Å². The number of fused-ring (bicyclic) bond motifs is 1. The van der Waals surface area contributed by atoms with Gasteiger partial charge in [0, 0.05) is 37.7 Å². The van der Waals surface area contributed by atoms with Crippen molar-refractivity contribution in [2.75, 3.05) is 40.4 Å². The van der Waals surface area contributed by atoms with Crippen molar-refractivity contribution in [1.29, 1.82) is 0 Å². The Bertz CT molecular complexity index is 647. The van der Waals surface area contributed by atoms with Crippen LogP contribution in [0.15, 0.2) is 28.7 Å². The number of hydrogen-bond donors (Lipinski definition) is 1. The van der Waals surface area contributed by atoms with Gasteiger partial charge in [-0.1, -0.05) is 0 Å². The summed E-state index contributed by atoms with van der Waals surface area (Å²) in [4.78, 5) is 4.85. The predicted molar refractivity (Wildman–Crippen MR) is 95.4 cm³/mol. The summed E-state index contributed by atoms with van der Waals surface area (Å²) < 4.78 is 11.2. The minimum absolute atomic E-state index is 0.278. The van der Waals surface area contributed by atoms with E-state index in [9.17, 15) is 0 Å². The molecular formula is C19H28N2O3. The predicted octanol–water partition coefficient (Wildman–Crippen LogP) is 2.72. The number of aliphatic hydroxyl groups excluding tert-OH is 1. The molecule has 0 aliphatic carbocycles. The van der Waals surface area contributed by atoms with Crippen LogP contribution in [0, 0.1) is 0 Å². The Hall–Kier alpha value is -1.56. The Balaban J connectivity index is 1.54. The summed E-state index contributed by atoms with van der Waals surface area (Å²) in [7, 11) is 3.85. The first-order valence-electron chi connectivity index (χ1n) is 8.79. The zero-order valence-electron chi connectivity index (χ0n) is 14.7. The maximum atomic E-state index is 8.96. The van der Waals surface area contributed by atoms with Gasteiger partial charge in [-0.3, -0.25) is 4.90 Å². The number of furan rings is 1. The maximum Gasteiger partial charge on any atom is 0.134 e. The van der Waals surface area contributed by atoms with Gasteiger partial charge in [-0.2, -0.15) is 0 Å². The van der Waals surface area contributed by atoms with Gasteiger partial charge in [-0.05, 0) is 50.6 Å². The molecule has 1 aliphatic rings. The number of nitrogens with zero attached hydrogens (tertiary/aromatic N) is 2. The topological polar surface area (TPSA) is 49.1 Å². The van der Waals surface area contributed by atoms with Crippen molar-refractivity contribution in [3.05, 3.63) is 30.0 Å². The molecule has 1 N–H and O–H groups in total. The van der Waals surface area contributed by atoms with Crippen LogP contribution in [-0.4, -0.2) is 61.3 Å². The molecule has 0 unspecified atom stereocenters. The number of likely N-dealkylation sites (tertiary alicyclic amines) is 1. The fourth-order valence-electron chi connectivity index (χ4n) is 3.52. The molecule has 3 rings (SSSR count). The van der Waals surface area contributed by atoms with Gasteiger partial charge in [-0.25, -0.2) is 0 Å². The summed E-state index contributed by atoms with van der Waals surface area (Å²) in [5.41, 5.74) is 0.921. The first-order valence-corrected chi connectivity index (χ1v) is 8.79. The van der Waals surface area contributed by atoms with Crippen LogP contribution in [0.5, 0.6) is 5.75 Å². The molecule has 132 valence electrons. The molecule has 0 spiro atoms. The van der Waals surface area contributed by atoms with Gasteiger partial charge in [0.05, 0.1) is 13.7 Å². The molecule has 0 saturated carbocycles. The lowest BCUT2D eigenvalue weighted by molar-refractivity contribution is 0.113. The minimum Gasteiger partial charge on any atom is -0.497 e. The molecule has 2 heterocycles. The first-order chi connectivity index (χ1) is 11.7. The molecule has 1 aromatic heterocycles. The van der Waals surface area contributed by atoms with Gasteiger partial charge in [0.2, 0.25) is 0 Å². The fourth-order valence-corrected chi connectivity index (χ4v) is 3.52. The van der Waals surface area contributed by atoms with Crippen LogP contribution in [0.4, 0.5) is 0 Å². The van der Waals surface area contributed by atoms with E-state index in [-0.39, 0.29) is 6.61 Å². The average molecular weight is 332 g/mol. The summed E-state index contributed by atoms with van der Waals surface area (Å²) >= 11 is 0. The van der Waals surface area contributed by atoms with E-state index in [0.29, 0.717) is 6.04 Å². The van der Waals surface area contributed by atoms with Crippen molar-refractivity contribution < 1.29 is 14.3 Å². The molecule has 1 aromatic carbocycles. The average Bonchev–Trinajstić information content (AvgIpc) is 3.01. The second-order valence-corrected chi connectivity index (χ2v) is 6.68. The van der Waals surface area contributed by atoms with E-state index in [1.54, 1.807) is 7.11 Å². The number of benzene rings is 1. The molecule has 0 radical (unpaired) electrons. The quantitative estimate of drug-likeness (QED) is 0.845. The summed E-state index contributed by atoms with van der Waals surface area (Å²) in [5, 5.41) is 10.1. The van der Waals surface area contributed by atoms with E-state index in [0.717, 1.165) is 55.1 Å². The van der Waals surface area contributed by atoms with E-state index in [4.69, 9.17) is 14.3 Å². The van der Waals surface area contributed by atoms with Crippen LogP contribution in [0.3, 0.4) is 0 Å². The van der Waals surface area contributed by atoms with Crippen molar-refractivity contribution in [3.63, 3.8) is 0 Å². The van der Waals surface area contributed by atoms with Crippen LogP contribution in [-0.2, 0) is 6.54 Å². The van der Waals surface area contributed by atoms with Gasteiger partial charge >= 0.3 is 0 Å². The molecule has 2 aromatic rings. The van der Waals surface area contributed by atoms with E-state index in [1.807, 2.05) is 18.2 Å². The SMILES string of the molecule is COc1ccc2oc(CN3CCC(N(C)CCCO)CC3)cc2c1. The molecular weight excluding hydrogens is 304 g/mol. The summed E-state index contributed by atoms with van der Waals surface area (Å²) in [5.74, 6) is 1.88. The third-order valence-corrected chi connectivity index (χ3v) is 5.00. The summed E-state index contributed by atoms with van der Waals surface area (Å²) in [6, 6.07) is 8.68. The standard InChI is InChI=1S/C19H28N2O3/c1-20(8-3-11-22)16-6-9-21(10-7-16)14-18-13-15-12-17(23-2)4-5-19(15)24-18/h4-5,12-13,16,22H,3,6-11,14H2,1-2H3. The lowest BCUT2D eigenvalue weighted by Gasteiger charge is -2.36. The molecule has 24 heavy (non-hydrogen) atoms. The molecule has 0 atom stereocenters. The third kappa shape index (κ3) is 4.09. The Morgan fingerprint density at radius 1 is 1.29 bits per heavy atom. The lowest BCUT2D eigenvalue weighted by atomic mass is 10.0. The van der Waals surface area contributed by atoms with E-state index >= 15 is 0 Å². The number of aliphatic hydroxyl groups is 1. The van der Waals surface area contributed by atoms with Gasteiger partial charge in [0.25, 0.3) is 0 Å². The molecule has 1 fully saturated rings. The normalized spacial score (nSPS) is 17.0. The highest BCUT2D eigenvalue weighted by Crippen LogP contribution is 2.26. The molecule has 5 nitrogen and oxygen atoms in total. The van der Waals surface area contributed by atoms with Gasteiger partial charge in [0.1, 0.15) is 17.1 Å². The van der Waals surface area contributed by atoms with Crippen molar-refractivity contribution in [1.82, 2.24) is 9.80 Å². The molecule has 5 heteroatoms. The largest absolute Gasteiger partial charge is 0.497 e. The van der Waals surface area contributed by atoms with E-state index in [1.165, 1.54) is 12.8 Å². The second kappa shape index (κ2) is 8.01. The highest BCUT2D eigenvalue weighted by Gasteiger charge is 2.22. The highest BCUT2D eigenvalue weighted by molar-refractivity contribution is 5.79. The second-order valence-electron chi connectivity index (χ2n) is 6.68. The lowest BCUT2D eigenvalue weighted by Crippen LogP contribution is -2.43. The summed E-state index contributed by atoms with van der Waals surface area (Å²) in [6.07, 6.45) is 3.21. The Morgan fingerprint density at radius 2 is 2.08 bits per heavy atom. The number of piperidine rings is 1. The van der Waals surface area contributed by atoms with Crippen LogP contribution in [0.25, 0.3) is 11.0 Å². The number of methoxy groups -OCH3 is 1. The van der Waals surface area contributed by atoms with Crippen LogP contribution >= 0.6 is 0 Å². The van der Waals surface area contributed by atoms with Gasteiger partial charge < -0.3 is 19.2 Å². The number of hydrogen-bond acceptors (Lipinski definition) is 5. The number of rotatable bonds is 7. The van der Waals surface area contributed by atoms with Crippen molar-refractivity contribution in [2.45, 2.75) is 31.8 Å². The van der Waals surface area contributed by atoms with Gasteiger partial charge in [0.15, 0.2) is 0 Å². The van der Waals surface area contributed by atoms with Crippen molar-refractivity contribution in [2.24, 2.45) is 0 Å². The Kier molecular flexibility index (Phi) is 5.76. The maximum absolute atomic E-state index is 8.96. The van der Waals surface area contributed by atoms with Crippen molar-refractivity contribution >= 4 is 11.0 Å². The van der Waals surface area contributed by atoms with Crippen LogP contribution < -0.4 is 4.74 Å². The molecule has 0 amide bonds. The zero-order chi connectivity index (χ0) is 16.9. The Morgan fingerprint density at radius 3 is 2.79 bits per heavy atom. The Labute approximate surface area is 143 Å². The van der Waals surface area contributed by atoms with E-state index in [2.05, 4.69) is 22.9 Å². The minimum atomic E-state index is 0.278. The first kappa shape index (κ1) is 17.3. The summed E-state index contributed by atoms with van der Waals surface area (Å²) in [6.45, 7) is 4.31. The fraction of sp³-hybridized carbons (Fsp3) is 0.579. The van der Waals surface area contributed by atoms with Crippen molar-refractivity contribution in [3.8, 4) is 5.75 Å². The zero-order valence-corrected chi connectivity index (χ0v) is 14.7. The molecule has 1 saturated heterocycles. The smallest absolute Gasteiger partial charge is 0.134 e. The van der Waals surface area contributed by atoms with Gasteiger partial charge in [-0.15, -0.1) is 0 Å².